The van der Waals surface area contributed by atoms with Gasteiger partial charge in [0.15, 0.2) is 12.6 Å². The number of ether oxygens (including phenoxy) is 3. The molecule has 6 fully saturated rings. The van der Waals surface area contributed by atoms with Crippen molar-refractivity contribution in [2.75, 3.05) is 6.73 Å². The minimum absolute atomic E-state index is 0.0303. The molecular weight excluding hydrogens is 326 g/mol. The van der Waals surface area contributed by atoms with Crippen molar-refractivity contribution in [1.82, 2.24) is 0 Å². The predicted octanol–water partition coefficient (Wildman–Crippen LogP) is 2.40. The van der Waals surface area contributed by atoms with Crippen LogP contribution in [0.5, 0.6) is 0 Å². The molecule has 0 aromatic carbocycles. The molecule has 0 radical (unpaired) electrons. The zero-order chi connectivity index (χ0) is 17.4. The van der Waals surface area contributed by atoms with E-state index in [0.717, 1.165) is 19.3 Å². The van der Waals surface area contributed by atoms with Crippen LogP contribution < -0.4 is 0 Å². The fourth-order valence-electron chi connectivity index (χ4n) is 6.63. The van der Waals surface area contributed by atoms with Crippen LogP contribution in [0.4, 0.5) is 0 Å². The summed E-state index contributed by atoms with van der Waals surface area (Å²) in [6, 6.07) is 0. The second kappa shape index (κ2) is 4.96. The van der Waals surface area contributed by atoms with E-state index in [2.05, 4.69) is 18.8 Å². The molecule has 3 saturated carbocycles. The van der Waals surface area contributed by atoms with Crippen LogP contribution in [0.15, 0.2) is 4.99 Å². The Morgan fingerprint density at radius 1 is 1.28 bits per heavy atom. The summed E-state index contributed by atoms with van der Waals surface area (Å²) < 4.78 is 17.3. The quantitative estimate of drug-likeness (QED) is 0.441. The fraction of sp³-hybridized carbons (Fsp3) is 0.889. The van der Waals surface area contributed by atoms with Gasteiger partial charge in [0.2, 0.25) is 12.1 Å². The zero-order valence-electron chi connectivity index (χ0n) is 14.9. The molecule has 3 aliphatic carbocycles. The van der Waals surface area contributed by atoms with E-state index in [1.54, 1.807) is 0 Å². The number of hydrogen-bond acceptors (Lipinski definition) is 7. The average Bonchev–Trinajstić information content (AvgIpc) is 2.77. The molecule has 8 atom stereocenters. The van der Waals surface area contributed by atoms with Crippen molar-refractivity contribution < 1.29 is 28.8 Å². The van der Waals surface area contributed by atoms with Gasteiger partial charge in [-0.25, -0.2) is 14.8 Å². The van der Waals surface area contributed by atoms with Gasteiger partial charge in [0, 0.05) is 29.1 Å². The van der Waals surface area contributed by atoms with Gasteiger partial charge in [-0.05, 0) is 32.1 Å². The van der Waals surface area contributed by atoms with Gasteiger partial charge < -0.3 is 14.2 Å². The van der Waals surface area contributed by atoms with Crippen molar-refractivity contribution in [2.24, 2.45) is 33.6 Å². The molecule has 2 spiro atoms. The fourth-order valence-corrected chi connectivity index (χ4v) is 6.63. The minimum Gasteiger partial charge on any atom is -0.451 e. The van der Waals surface area contributed by atoms with E-state index in [9.17, 15) is 4.79 Å². The second-order valence-electron chi connectivity index (χ2n) is 8.55. The van der Waals surface area contributed by atoms with Gasteiger partial charge in [-0.3, -0.25) is 4.79 Å². The molecule has 7 nitrogen and oxygen atoms in total. The van der Waals surface area contributed by atoms with E-state index >= 15 is 0 Å². The molecular formula is C18H25NO6. The molecule has 6 aliphatic rings. The molecule has 0 N–H and O–H groups in total. The predicted molar refractivity (Wildman–Crippen MR) is 84.9 cm³/mol. The van der Waals surface area contributed by atoms with Crippen LogP contribution in [-0.4, -0.2) is 37.3 Å². The molecule has 3 bridgehead atoms. The highest BCUT2D eigenvalue weighted by atomic mass is 17.2. The summed E-state index contributed by atoms with van der Waals surface area (Å²) in [5.41, 5.74) is -0.0304. The van der Waals surface area contributed by atoms with Crippen molar-refractivity contribution >= 4 is 12.4 Å². The van der Waals surface area contributed by atoms with Crippen molar-refractivity contribution in [2.45, 2.75) is 64.6 Å². The first-order valence-corrected chi connectivity index (χ1v) is 9.26. The Hall–Kier alpha value is -1.18. The first kappa shape index (κ1) is 16.0. The first-order valence-electron chi connectivity index (χ1n) is 9.26. The molecule has 7 heteroatoms. The number of carbonyl (C=O) groups excluding carboxylic acids is 1. The zero-order valence-corrected chi connectivity index (χ0v) is 14.9. The Morgan fingerprint density at radius 3 is 2.92 bits per heavy atom. The third kappa shape index (κ3) is 1.72. The highest BCUT2D eigenvalue weighted by Crippen LogP contribution is 2.79. The Kier molecular flexibility index (Phi) is 3.18. The third-order valence-corrected chi connectivity index (χ3v) is 7.81. The van der Waals surface area contributed by atoms with Gasteiger partial charge in [-0.15, -0.1) is 0 Å². The maximum atomic E-state index is 10.4. The molecule has 3 saturated heterocycles. The van der Waals surface area contributed by atoms with Crippen LogP contribution in [0.2, 0.25) is 0 Å². The van der Waals surface area contributed by atoms with E-state index in [1.165, 1.54) is 6.42 Å². The van der Waals surface area contributed by atoms with Crippen molar-refractivity contribution in [3.05, 3.63) is 0 Å². The lowest BCUT2D eigenvalue weighted by atomic mass is 9.31. The molecule has 0 aromatic rings. The molecule has 3 heterocycles. The number of fused-ring (bicyclic) bond motifs is 4. The monoisotopic (exact) mass is 351 g/mol. The number of aliphatic imine (C=N–C) groups is 1. The normalized spacial score (nSPS) is 57.1. The summed E-state index contributed by atoms with van der Waals surface area (Å²) in [4.78, 5) is 26.7. The second-order valence-corrected chi connectivity index (χ2v) is 8.55. The number of rotatable bonds is 3. The summed E-state index contributed by atoms with van der Waals surface area (Å²) >= 11 is 0. The van der Waals surface area contributed by atoms with Crippen LogP contribution in [-0.2, 0) is 28.8 Å². The van der Waals surface area contributed by atoms with E-state index in [-0.39, 0.29) is 35.9 Å². The van der Waals surface area contributed by atoms with Crippen molar-refractivity contribution in [3.8, 4) is 0 Å². The summed E-state index contributed by atoms with van der Waals surface area (Å²) in [5, 5.41) is 0. The lowest BCUT2D eigenvalue weighted by molar-refractivity contribution is -0.540. The largest absolute Gasteiger partial charge is 0.451 e. The van der Waals surface area contributed by atoms with Crippen LogP contribution in [0.3, 0.4) is 0 Å². The smallest absolute Gasteiger partial charge is 0.294 e. The molecule has 0 aromatic heterocycles. The van der Waals surface area contributed by atoms with Gasteiger partial charge in [0.05, 0.1) is 0 Å². The van der Waals surface area contributed by atoms with E-state index in [1.807, 2.05) is 6.92 Å². The maximum absolute atomic E-state index is 10.4. The summed E-state index contributed by atoms with van der Waals surface area (Å²) in [5.74, 6) is 0.726. The molecule has 6 rings (SSSR count). The minimum atomic E-state index is -0.791. The van der Waals surface area contributed by atoms with E-state index in [4.69, 9.17) is 24.0 Å². The highest BCUT2D eigenvalue weighted by molar-refractivity contribution is 5.81. The van der Waals surface area contributed by atoms with Crippen molar-refractivity contribution in [3.63, 3.8) is 0 Å². The summed E-state index contributed by atoms with van der Waals surface area (Å²) in [7, 11) is 0. The van der Waals surface area contributed by atoms with Gasteiger partial charge in [0.1, 0.15) is 6.10 Å². The van der Waals surface area contributed by atoms with E-state index in [0.29, 0.717) is 24.2 Å². The Balaban J connectivity index is 1.60. The van der Waals surface area contributed by atoms with Gasteiger partial charge >= 0.3 is 0 Å². The van der Waals surface area contributed by atoms with Crippen LogP contribution in [0.1, 0.15) is 46.5 Å². The standard InChI is InChI=1S/C18H25NO6/c1-10-4-5-18-11(2)13(19-8-21-9-20)22-14-12(18)17(10)7-6-16(3,23-14)25-24-15(17)18/h9-12,14-15H,4-8H2,1-3H3/b19-13-/t10-,11+,12?,14-,15?,16?,17?,18?/m1/s1. The maximum Gasteiger partial charge on any atom is 0.294 e. The SMILES string of the molecule is C[C@@H]1CCC23C4OOC5(C)CCC41C2[C@H](O/C(=N\COC=O)[C@@H]3C)O5. The topological polar surface area (TPSA) is 75.6 Å². The number of carbonyl (C=O) groups is 1. The molecule has 3 aliphatic heterocycles. The van der Waals surface area contributed by atoms with Crippen LogP contribution in [0.25, 0.3) is 0 Å². The van der Waals surface area contributed by atoms with Crippen molar-refractivity contribution in [1.29, 1.82) is 0 Å². The van der Waals surface area contributed by atoms with Crippen LogP contribution >= 0.6 is 0 Å². The highest BCUT2D eigenvalue weighted by Gasteiger charge is 2.83. The van der Waals surface area contributed by atoms with E-state index < -0.39 is 5.79 Å². The molecule has 0 amide bonds. The van der Waals surface area contributed by atoms with Gasteiger partial charge in [0.25, 0.3) is 6.47 Å². The lowest BCUT2D eigenvalue weighted by Crippen LogP contribution is -2.81. The van der Waals surface area contributed by atoms with Crippen LogP contribution in [0, 0.1) is 28.6 Å². The molecule has 138 valence electrons. The third-order valence-electron chi connectivity index (χ3n) is 7.81. The molecule has 5 unspecified atom stereocenters. The summed E-state index contributed by atoms with van der Waals surface area (Å²) in [6.07, 6.45) is 3.70. The Morgan fingerprint density at radius 2 is 2.12 bits per heavy atom. The average molecular weight is 351 g/mol. The van der Waals surface area contributed by atoms with Gasteiger partial charge in [-0.1, -0.05) is 13.8 Å². The van der Waals surface area contributed by atoms with Gasteiger partial charge in [-0.2, -0.15) is 0 Å². The Bertz CT molecular complexity index is 639. The first-order chi connectivity index (χ1) is 12.0. The lowest BCUT2D eigenvalue weighted by Gasteiger charge is -2.76. The molecule has 25 heavy (non-hydrogen) atoms. The Labute approximate surface area is 146 Å². The summed E-state index contributed by atoms with van der Waals surface area (Å²) in [6.45, 7) is 6.76. The number of nitrogens with zero attached hydrogens (tertiary/aromatic N) is 1. The number of hydrogen-bond donors (Lipinski definition) is 0.